The van der Waals surface area contributed by atoms with E-state index < -0.39 is 13.4 Å². The van der Waals surface area contributed by atoms with E-state index >= 15 is 0 Å². The minimum atomic E-state index is -0.505. The molecule has 12 aromatic carbocycles. The second-order valence-electron chi connectivity index (χ2n) is 31.6. The maximum atomic E-state index is 9.63. The zero-order chi connectivity index (χ0) is 73.0. The summed E-state index contributed by atoms with van der Waals surface area (Å²) in [4.78, 5) is 11.6. The molecule has 0 aliphatic carbocycles. The molecule has 12 aromatic rings. The molecule has 0 atom stereocenters. The van der Waals surface area contributed by atoms with Gasteiger partial charge in [0.1, 0.15) is 0 Å². The Labute approximate surface area is 583 Å². The molecule has 97 heavy (non-hydrogen) atoms. The fraction of sp³-hybridized carbons (Fsp3) is 0.182. The molecule has 0 radical (unpaired) electrons. The largest absolute Gasteiger partial charge is 0.453 e. The van der Waals surface area contributed by atoms with Crippen LogP contribution >= 0.6 is 0 Å². The highest BCUT2D eigenvalue weighted by atomic mass is 16.5. The molecule has 468 valence electrons. The summed E-state index contributed by atoms with van der Waals surface area (Å²) in [5, 5.41) is 0. The van der Waals surface area contributed by atoms with Crippen molar-refractivity contribution in [1.82, 2.24) is 0 Å². The lowest BCUT2D eigenvalue weighted by atomic mass is 9.27. The van der Waals surface area contributed by atoms with E-state index in [4.69, 9.17) is 4.74 Å². The average molecular weight is 1260 g/mol. The van der Waals surface area contributed by atoms with Crippen molar-refractivity contribution in [1.29, 1.82) is 0 Å². The summed E-state index contributed by atoms with van der Waals surface area (Å²) in [6.45, 7) is 25.8. The first-order valence-electron chi connectivity index (χ1n) is 38.1. The first kappa shape index (κ1) is 50.1. The van der Waals surface area contributed by atoms with E-state index in [1.807, 2.05) is 66.7 Å². The lowest BCUT2D eigenvalue weighted by molar-refractivity contribution is 0.470. The highest BCUT2D eigenvalue weighted by molar-refractivity contribution is 7.06. The van der Waals surface area contributed by atoms with Crippen LogP contribution < -0.4 is 78.4 Å². The number of hydrogen-bond acceptors (Lipinski definition) is 6. The Bertz CT molecular complexity index is 5820. The summed E-state index contributed by atoms with van der Waals surface area (Å²) in [7, 11) is 0. The van der Waals surface area contributed by atoms with Crippen LogP contribution in [0.3, 0.4) is 0 Å². The molecule has 0 aromatic heterocycles. The predicted octanol–water partition coefficient (Wildman–Crippen LogP) is 17.4. The molecule has 7 aliphatic rings. The molecular weight excluding hydrogens is 1180 g/mol. The van der Waals surface area contributed by atoms with Gasteiger partial charge >= 0.3 is 0 Å². The summed E-state index contributed by atoms with van der Waals surface area (Å²) in [6, 6.07) is 67.9. The van der Waals surface area contributed by atoms with Crippen molar-refractivity contribution in [3.05, 3.63) is 265 Å². The molecule has 9 heteroatoms. The second kappa shape index (κ2) is 20.1. The molecule has 6 nitrogen and oxygen atoms in total. The maximum absolute atomic E-state index is 9.63. The van der Waals surface area contributed by atoms with Crippen LogP contribution in [0.5, 0.6) is 11.5 Å². The van der Waals surface area contributed by atoms with Gasteiger partial charge in [-0.15, -0.1) is 0 Å². The lowest BCUT2D eigenvalue weighted by Gasteiger charge is -2.53. The van der Waals surface area contributed by atoms with Gasteiger partial charge in [0.05, 0.1) is 22.3 Å². The van der Waals surface area contributed by atoms with Crippen molar-refractivity contribution in [3.63, 3.8) is 0 Å². The van der Waals surface area contributed by atoms with Gasteiger partial charge in [-0.05, 0) is 201 Å². The quantitative estimate of drug-likeness (QED) is 0.159. The lowest BCUT2D eigenvalue weighted by Crippen LogP contribution is -2.70. The van der Waals surface area contributed by atoms with Crippen molar-refractivity contribution in [2.45, 2.75) is 105 Å². The Kier molecular flexibility index (Phi) is 10.4. The van der Waals surface area contributed by atoms with E-state index in [0.717, 1.165) is 151 Å². The number of para-hydroxylation sites is 4. The SMILES string of the molecule is [2H]c1cc([2H])cc(N2c3ccc(C(C)(C)C)cc3B3c4cc5c(cc4N(c4cc([2H])cc([2H])c4)c4cc(-c6ccccc6)cc2c43)N(c2cc([2H])cc([2H])c2)c2cc3c4c6c2B5c2cc(C(C)(C)C)cc5c2N6c2c(cc(C(C)(C)C)cc2B4c2cc(C(C)(C)C)ccc2N3c2cc([2H])cc([2H])c2)O5)c1. The Morgan fingerprint density at radius 2 is 0.608 bits per heavy atom. The molecule has 7 heterocycles. The van der Waals surface area contributed by atoms with Crippen molar-refractivity contribution >= 4 is 155 Å². The van der Waals surface area contributed by atoms with Gasteiger partial charge in [-0.1, -0.05) is 228 Å². The number of ether oxygens (including phenoxy) is 1. The molecule has 0 bridgehead atoms. The Hall–Kier alpha value is -10.4. The van der Waals surface area contributed by atoms with Gasteiger partial charge < -0.3 is 29.2 Å². The van der Waals surface area contributed by atoms with E-state index in [-0.39, 0.29) is 76.7 Å². The fourth-order valence-corrected chi connectivity index (χ4v) is 16.9. The number of hydrogen-bond donors (Lipinski definition) is 0. The van der Waals surface area contributed by atoms with Crippen molar-refractivity contribution in [2.75, 3.05) is 24.5 Å². The highest BCUT2D eigenvalue weighted by Gasteiger charge is 2.56. The first-order valence-corrected chi connectivity index (χ1v) is 34.1. The first-order chi connectivity index (χ1) is 49.8. The van der Waals surface area contributed by atoms with Gasteiger partial charge in [-0.25, -0.2) is 0 Å². The molecular formula is C88H76B3N5O. The van der Waals surface area contributed by atoms with Crippen LogP contribution in [0, 0.1) is 0 Å². The third kappa shape index (κ3) is 8.36. The van der Waals surface area contributed by atoms with Crippen LogP contribution in [0.1, 0.15) is 116 Å². The van der Waals surface area contributed by atoms with E-state index in [2.05, 4.69) is 211 Å². The summed E-state index contributed by atoms with van der Waals surface area (Å²) < 4.78 is 83.1. The molecule has 0 unspecified atom stereocenters. The summed E-state index contributed by atoms with van der Waals surface area (Å²) in [6.07, 6.45) is 0. The van der Waals surface area contributed by atoms with E-state index in [1.54, 1.807) is 24.3 Å². The van der Waals surface area contributed by atoms with Crippen molar-refractivity contribution < 1.29 is 15.7 Å². The minimum absolute atomic E-state index is 0.178. The number of rotatable bonds is 5. The van der Waals surface area contributed by atoms with E-state index in [9.17, 15) is 11.0 Å². The molecule has 0 spiro atoms. The van der Waals surface area contributed by atoms with Crippen molar-refractivity contribution in [2.24, 2.45) is 0 Å². The summed E-state index contributed by atoms with van der Waals surface area (Å²) in [5.41, 5.74) is 27.1. The maximum Gasteiger partial charge on any atom is 0.252 e. The minimum Gasteiger partial charge on any atom is -0.453 e. The molecule has 0 amide bonds. The molecule has 7 aliphatic heterocycles. The van der Waals surface area contributed by atoms with E-state index in [0.29, 0.717) is 22.7 Å². The third-order valence-electron chi connectivity index (χ3n) is 21.6. The van der Waals surface area contributed by atoms with Crippen LogP contribution in [-0.2, 0) is 21.7 Å². The standard InChI is InChI=1S/C88H76B3N5O/c1-85(2,3)55-38-40-69-63(44-55)89-65-50-66-72(51-71(65)94(61-34-24-16-25-35-61)74-43-54(53-28-18-13-19-29-53)42-73(79(74)89)92(69)59-30-20-14-21-31-59)95(62-36-26-17-27-37-62)76-52-75-80-84-81(76)91(66)68-47-58(88(10,11)12)49-78-83(68)96(84)82-67(46-57(87(7,8)9)48-77(82)97-78)90(80)64-45-56(86(4,5)6)39-41-70(64)93(75)60-32-22-15-23-33-60/h13-52H,1-12H3/i20D,21D,22D,23D,24D,25D,26D,27D. The van der Waals surface area contributed by atoms with Crippen molar-refractivity contribution in [3.8, 4) is 22.6 Å². The zero-order valence-corrected chi connectivity index (χ0v) is 56.9. The van der Waals surface area contributed by atoms with Gasteiger partial charge in [0, 0.05) is 73.9 Å². The summed E-state index contributed by atoms with van der Waals surface area (Å²) >= 11 is 0. The molecule has 0 fully saturated rings. The molecule has 0 saturated carbocycles. The number of nitrogens with zero attached hydrogens (tertiary/aromatic N) is 5. The number of fused-ring (bicyclic) bond motifs is 10. The normalized spacial score (nSPS) is 15.9. The van der Waals surface area contributed by atoms with E-state index in [1.165, 1.54) is 5.56 Å². The highest BCUT2D eigenvalue weighted by Crippen LogP contribution is 2.58. The van der Waals surface area contributed by atoms with Gasteiger partial charge in [-0.2, -0.15) is 0 Å². The van der Waals surface area contributed by atoms with Gasteiger partial charge in [0.25, 0.3) is 20.1 Å². The Morgan fingerprint density at radius 3 is 1.00 bits per heavy atom. The van der Waals surface area contributed by atoms with Gasteiger partial charge in [0.2, 0.25) is 0 Å². The van der Waals surface area contributed by atoms with Crippen LogP contribution in [0.15, 0.2) is 242 Å². The number of benzene rings is 12. The molecule has 0 saturated heterocycles. The molecule has 19 rings (SSSR count). The van der Waals surface area contributed by atoms with Crippen LogP contribution in [0.25, 0.3) is 11.1 Å². The third-order valence-corrected chi connectivity index (χ3v) is 21.6. The second-order valence-corrected chi connectivity index (χ2v) is 31.6. The average Bonchev–Trinajstić information content (AvgIpc) is 0.657. The van der Waals surface area contributed by atoms with Gasteiger partial charge in [-0.3, -0.25) is 0 Å². The molecule has 0 N–H and O–H groups in total. The van der Waals surface area contributed by atoms with Gasteiger partial charge in [0.15, 0.2) is 11.5 Å². The van der Waals surface area contributed by atoms with Crippen LogP contribution in [0.2, 0.25) is 0 Å². The fourth-order valence-electron chi connectivity index (χ4n) is 16.9. The summed E-state index contributed by atoms with van der Waals surface area (Å²) in [5.74, 6) is 1.52. The smallest absolute Gasteiger partial charge is 0.252 e. The van der Waals surface area contributed by atoms with Crippen LogP contribution in [0.4, 0.5) is 85.3 Å². The topological polar surface area (TPSA) is 25.4 Å². The Balaban J connectivity index is 1.01. The Morgan fingerprint density at radius 1 is 0.268 bits per heavy atom. The predicted molar refractivity (Wildman–Crippen MR) is 414 cm³/mol. The monoisotopic (exact) mass is 1260 g/mol. The van der Waals surface area contributed by atoms with Crippen LogP contribution in [-0.4, -0.2) is 20.1 Å². The zero-order valence-electron chi connectivity index (χ0n) is 64.9. The number of anilines is 15.